The molecule has 0 saturated carbocycles. The van der Waals surface area contributed by atoms with Gasteiger partial charge >= 0.3 is 0 Å². The molecule has 0 aromatic heterocycles. The molecule has 19 heavy (non-hydrogen) atoms. The first kappa shape index (κ1) is 15.4. The molecule has 1 atom stereocenters. The number of carbonyl (C=O) groups excluding carboxylic acids is 1. The van der Waals surface area contributed by atoms with Crippen molar-refractivity contribution in [3.63, 3.8) is 0 Å². The van der Waals surface area contributed by atoms with Crippen molar-refractivity contribution in [2.24, 2.45) is 5.73 Å². The van der Waals surface area contributed by atoms with Crippen LogP contribution in [-0.4, -0.2) is 31.6 Å². The second-order valence-electron chi connectivity index (χ2n) is 4.36. The normalized spacial score (nSPS) is 12.3. The first-order valence-electron chi connectivity index (χ1n) is 6.08. The van der Waals surface area contributed by atoms with Gasteiger partial charge in [0.15, 0.2) is 11.6 Å². The van der Waals surface area contributed by atoms with Crippen molar-refractivity contribution in [2.45, 2.75) is 19.4 Å². The Morgan fingerprint density at radius 3 is 2.74 bits per heavy atom. The van der Waals surface area contributed by atoms with Crippen molar-refractivity contribution in [3.05, 3.63) is 29.6 Å². The molecule has 1 aromatic carbocycles. The maximum Gasteiger partial charge on any atom is 0.236 e. The van der Waals surface area contributed by atoms with Crippen LogP contribution in [0.1, 0.15) is 24.9 Å². The molecule has 0 fully saturated rings. The molecule has 1 amide bonds. The van der Waals surface area contributed by atoms with Gasteiger partial charge in [0.1, 0.15) is 0 Å². The number of nitrogens with two attached hydrogens (primary N) is 1. The first-order valence-corrected chi connectivity index (χ1v) is 6.08. The molecule has 0 heterocycles. The number of nitrogens with zero attached hydrogens (tertiary/aromatic N) is 1. The number of amides is 1. The van der Waals surface area contributed by atoms with Gasteiger partial charge in [-0.05, 0) is 24.6 Å². The lowest BCUT2D eigenvalue weighted by atomic mass is 10.0. The minimum absolute atomic E-state index is 0.0889. The molecule has 0 bridgehead atoms. The van der Waals surface area contributed by atoms with Gasteiger partial charge < -0.3 is 10.5 Å². The van der Waals surface area contributed by atoms with E-state index >= 15 is 0 Å². The van der Waals surface area contributed by atoms with E-state index in [0.717, 1.165) is 0 Å². The van der Waals surface area contributed by atoms with E-state index in [9.17, 15) is 9.18 Å². The third-order valence-corrected chi connectivity index (χ3v) is 2.44. The van der Waals surface area contributed by atoms with Crippen LogP contribution in [0.3, 0.4) is 0 Å². The minimum atomic E-state index is -0.551. The number of nitrogens with one attached hydrogen (secondary N) is 1. The summed E-state index contributed by atoms with van der Waals surface area (Å²) in [5.74, 6) is -0.495. The molecule has 0 radical (unpaired) electrons. The lowest BCUT2D eigenvalue weighted by Gasteiger charge is -2.16. The fourth-order valence-electron chi connectivity index (χ4n) is 1.63. The maximum absolute atomic E-state index is 13.7. The van der Waals surface area contributed by atoms with Crippen LogP contribution in [0.25, 0.3) is 0 Å². The molecular weight excluding hydrogens is 249 g/mol. The van der Waals surface area contributed by atoms with E-state index in [0.29, 0.717) is 12.2 Å². The average molecular weight is 269 g/mol. The molecule has 0 aliphatic carbocycles. The van der Waals surface area contributed by atoms with Gasteiger partial charge in [-0.3, -0.25) is 10.2 Å². The number of halogens is 1. The fraction of sp³-hybridized carbons (Fsp3) is 0.462. The minimum Gasteiger partial charge on any atom is -0.491 e. The number of hydrazine groups is 1. The summed E-state index contributed by atoms with van der Waals surface area (Å²) < 4.78 is 18.8. The number of carbonyl (C=O) groups is 1. The van der Waals surface area contributed by atoms with E-state index < -0.39 is 11.9 Å². The molecular formula is C13H20FN3O2. The zero-order valence-electron chi connectivity index (χ0n) is 11.4. The molecule has 5 nitrogen and oxygen atoms in total. The highest BCUT2D eigenvalue weighted by atomic mass is 19.1. The zero-order valence-corrected chi connectivity index (χ0v) is 11.4. The summed E-state index contributed by atoms with van der Waals surface area (Å²) in [6, 6.07) is 3.95. The van der Waals surface area contributed by atoms with Crippen LogP contribution in [0.2, 0.25) is 0 Å². The lowest BCUT2D eigenvalue weighted by molar-refractivity contribution is -0.125. The Bertz CT molecular complexity index is 438. The van der Waals surface area contributed by atoms with E-state index in [1.54, 1.807) is 27.1 Å². The van der Waals surface area contributed by atoms with Gasteiger partial charge in [0.05, 0.1) is 6.61 Å². The van der Waals surface area contributed by atoms with Gasteiger partial charge in [0.2, 0.25) is 5.91 Å². The van der Waals surface area contributed by atoms with E-state index in [-0.39, 0.29) is 18.1 Å². The van der Waals surface area contributed by atoms with Crippen molar-refractivity contribution in [2.75, 3.05) is 20.7 Å². The second kappa shape index (κ2) is 7.06. The molecule has 3 N–H and O–H groups in total. The Labute approximate surface area is 112 Å². The molecule has 1 unspecified atom stereocenters. The van der Waals surface area contributed by atoms with Gasteiger partial charge in [-0.2, -0.15) is 0 Å². The predicted molar refractivity (Wildman–Crippen MR) is 70.9 cm³/mol. The molecule has 106 valence electrons. The standard InChI is InChI=1S/C13H20FN3O2/c1-4-19-12-6-5-9(7-10(12)14)11(15)8-13(18)16-17(2)3/h5-7,11H,4,8,15H2,1-3H3,(H,16,18). The van der Waals surface area contributed by atoms with Gasteiger partial charge in [0, 0.05) is 26.6 Å². The highest BCUT2D eigenvalue weighted by Crippen LogP contribution is 2.22. The van der Waals surface area contributed by atoms with Crippen LogP contribution in [0, 0.1) is 5.82 Å². The molecule has 1 rings (SSSR count). The van der Waals surface area contributed by atoms with Crippen LogP contribution in [-0.2, 0) is 4.79 Å². The van der Waals surface area contributed by atoms with Crippen LogP contribution in [0.4, 0.5) is 4.39 Å². The van der Waals surface area contributed by atoms with E-state index in [2.05, 4.69) is 5.43 Å². The Hall–Kier alpha value is -1.66. The highest BCUT2D eigenvalue weighted by molar-refractivity contribution is 5.76. The zero-order chi connectivity index (χ0) is 14.4. The summed E-state index contributed by atoms with van der Waals surface area (Å²) in [6.45, 7) is 2.18. The van der Waals surface area contributed by atoms with Crippen molar-refractivity contribution >= 4 is 5.91 Å². The molecule has 0 aliphatic rings. The molecule has 0 aliphatic heterocycles. The number of benzene rings is 1. The average Bonchev–Trinajstić information content (AvgIpc) is 2.30. The van der Waals surface area contributed by atoms with Crippen LogP contribution in [0.15, 0.2) is 18.2 Å². The summed E-state index contributed by atoms with van der Waals surface area (Å²) in [4.78, 5) is 11.5. The summed E-state index contributed by atoms with van der Waals surface area (Å²) in [5, 5.41) is 1.54. The van der Waals surface area contributed by atoms with E-state index in [4.69, 9.17) is 10.5 Å². The molecule has 0 saturated heterocycles. The first-order chi connectivity index (χ1) is 8.93. The van der Waals surface area contributed by atoms with Crippen LogP contribution < -0.4 is 15.9 Å². The lowest BCUT2D eigenvalue weighted by Crippen LogP contribution is -2.37. The Morgan fingerprint density at radius 1 is 1.53 bits per heavy atom. The monoisotopic (exact) mass is 269 g/mol. The number of rotatable bonds is 6. The van der Waals surface area contributed by atoms with Crippen molar-refractivity contribution in [1.82, 2.24) is 10.4 Å². The highest BCUT2D eigenvalue weighted by Gasteiger charge is 2.14. The maximum atomic E-state index is 13.7. The second-order valence-corrected chi connectivity index (χ2v) is 4.36. The topological polar surface area (TPSA) is 67.6 Å². The SMILES string of the molecule is CCOc1ccc(C(N)CC(=O)NN(C)C)cc1F. The largest absolute Gasteiger partial charge is 0.491 e. The van der Waals surface area contributed by atoms with Gasteiger partial charge in [-0.25, -0.2) is 9.40 Å². The molecule has 6 heteroatoms. The smallest absolute Gasteiger partial charge is 0.236 e. The Morgan fingerprint density at radius 2 is 2.21 bits per heavy atom. The summed E-state index contributed by atoms with van der Waals surface area (Å²) in [5.41, 5.74) is 9.03. The van der Waals surface area contributed by atoms with Crippen LogP contribution >= 0.6 is 0 Å². The van der Waals surface area contributed by atoms with Crippen LogP contribution in [0.5, 0.6) is 5.75 Å². The quantitative estimate of drug-likeness (QED) is 0.762. The number of hydrogen-bond acceptors (Lipinski definition) is 4. The van der Waals surface area contributed by atoms with Crippen molar-refractivity contribution in [3.8, 4) is 5.75 Å². The number of ether oxygens (including phenoxy) is 1. The number of hydrogen-bond donors (Lipinski definition) is 2. The third-order valence-electron chi connectivity index (χ3n) is 2.44. The van der Waals surface area contributed by atoms with Gasteiger partial charge in [-0.15, -0.1) is 0 Å². The third kappa shape index (κ3) is 4.84. The van der Waals surface area contributed by atoms with E-state index in [1.165, 1.54) is 17.1 Å². The summed E-state index contributed by atoms with van der Waals surface area (Å²) >= 11 is 0. The fourth-order valence-corrected chi connectivity index (χ4v) is 1.63. The predicted octanol–water partition coefficient (Wildman–Crippen LogP) is 1.21. The van der Waals surface area contributed by atoms with Gasteiger partial charge in [-0.1, -0.05) is 6.07 Å². The summed E-state index contributed by atoms with van der Waals surface area (Å²) in [7, 11) is 3.42. The van der Waals surface area contributed by atoms with Crippen molar-refractivity contribution < 1.29 is 13.9 Å². The van der Waals surface area contributed by atoms with Crippen molar-refractivity contribution in [1.29, 1.82) is 0 Å². The van der Waals surface area contributed by atoms with Gasteiger partial charge in [0.25, 0.3) is 0 Å². The van der Waals surface area contributed by atoms with E-state index in [1.807, 2.05) is 0 Å². The summed E-state index contributed by atoms with van der Waals surface area (Å²) in [6.07, 6.45) is 0.0889. The Balaban J connectivity index is 2.69. The Kier molecular flexibility index (Phi) is 5.72. The molecule has 1 aromatic rings. The molecule has 0 spiro atoms.